The zero-order chi connectivity index (χ0) is 41.2. The van der Waals surface area contributed by atoms with Crippen molar-refractivity contribution in [3.63, 3.8) is 0 Å². The third kappa shape index (κ3) is 7.04. The topological polar surface area (TPSA) is 8.17 Å². The molecule has 1 heterocycles. The summed E-state index contributed by atoms with van der Waals surface area (Å²) in [7, 11) is 0. The highest BCUT2D eigenvalue weighted by atomic mass is 15.1. The van der Waals surface area contributed by atoms with Crippen LogP contribution in [0.1, 0.15) is 0 Å². The second-order valence-corrected chi connectivity index (χ2v) is 15.8. The van der Waals surface area contributed by atoms with E-state index in [0.717, 1.165) is 17.1 Å². The summed E-state index contributed by atoms with van der Waals surface area (Å²) >= 11 is 0. The molecule has 0 aliphatic carbocycles. The summed E-state index contributed by atoms with van der Waals surface area (Å²) in [5.41, 5.74) is 19.0. The van der Waals surface area contributed by atoms with E-state index in [1.165, 1.54) is 83.1 Å². The molecule has 2 nitrogen and oxygen atoms in total. The van der Waals surface area contributed by atoms with E-state index in [1.807, 2.05) is 0 Å². The second kappa shape index (κ2) is 16.1. The maximum atomic E-state index is 2.36. The van der Waals surface area contributed by atoms with Crippen LogP contribution in [0.4, 0.5) is 17.1 Å². The van der Waals surface area contributed by atoms with Crippen molar-refractivity contribution in [3.8, 4) is 61.3 Å². The highest BCUT2D eigenvalue weighted by molar-refractivity contribution is 6.10. The fourth-order valence-corrected chi connectivity index (χ4v) is 8.83. The molecule has 0 saturated heterocycles. The lowest BCUT2D eigenvalue weighted by molar-refractivity contribution is 1.18. The minimum absolute atomic E-state index is 1.11. The van der Waals surface area contributed by atoms with Crippen LogP contribution in [0.5, 0.6) is 0 Å². The Morgan fingerprint density at radius 2 is 0.548 bits per heavy atom. The monoisotopic (exact) mass is 790 g/mol. The molecule has 11 rings (SSSR count). The smallest absolute Gasteiger partial charge is 0.0541 e. The fraction of sp³-hybridized carbons (Fsp3) is 0. The Hall–Kier alpha value is -8.20. The van der Waals surface area contributed by atoms with Crippen LogP contribution in [-0.2, 0) is 0 Å². The zero-order valence-electron chi connectivity index (χ0n) is 34.1. The molecule has 0 bridgehead atoms. The Morgan fingerprint density at radius 1 is 0.226 bits per heavy atom. The van der Waals surface area contributed by atoms with E-state index >= 15 is 0 Å². The van der Waals surface area contributed by atoms with Gasteiger partial charge in [0.1, 0.15) is 0 Å². The molecule has 0 N–H and O–H groups in total. The number of hydrogen-bond acceptors (Lipinski definition) is 1. The first-order chi connectivity index (χ1) is 30.7. The first kappa shape index (κ1) is 36.8. The Bertz CT molecular complexity index is 3260. The van der Waals surface area contributed by atoms with Gasteiger partial charge in [0.2, 0.25) is 0 Å². The predicted molar refractivity (Wildman–Crippen MR) is 263 cm³/mol. The van der Waals surface area contributed by atoms with Gasteiger partial charge in [-0.3, -0.25) is 0 Å². The quantitative estimate of drug-likeness (QED) is 0.141. The van der Waals surface area contributed by atoms with E-state index < -0.39 is 0 Å². The SMILES string of the molecule is c1ccc(-c2ccc(N(c3ccccc3)c3ccc(-c4ccc(-c5ccc(-c6ccc(-c7ccc8c(c7)c7ccccc7n8-c7ccccc7)cc6)cc5)cc4)cc3)cc2)cc1. The van der Waals surface area contributed by atoms with E-state index in [1.54, 1.807) is 0 Å². The van der Waals surface area contributed by atoms with Gasteiger partial charge >= 0.3 is 0 Å². The number of rotatable bonds is 9. The average Bonchev–Trinajstić information content (AvgIpc) is 3.69. The molecule has 10 aromatic carbocycles. The van der Waals surface area contributed by atoms with Gasteiger partial charge in [0.15, 0.2) is 0 Å². The molecule has 11 aromatic rings. The van der Waals surface area contributed by atoms with Crippen LogP contribution in [0.15, 0.2) is 255 Å². The van der Waals surface area contributed by atoms with Crippen molar-refractivity contribution in [1.82, 2.24) is 4.57 Å². The van der Waals surface area contributed by atoms with Gasteiger partial charge in [-0.25, -0.2) is 0 Å². The van der Waals surface area contributed by atoms with Crippen molar-refractivity contribution < 1.29 is 0 Å². The van der Waals surface area contributed by atoms with Crippen molar-refractivity contribution in [3.05, 3.63) is 255 Å². The van der Waals surface area contributed by atoms with E-state index in [0.29, 0.717) is 0 Å². The Kier molecular flexibility index (Phi) is 9.57. The van der Waals surface area contributed by atoms with E-state index in [2.05, 4.69) is 264 Å². The van der Waals surface area contributed by atoms with Gasteiger partial charge in [-0.05, 0) is 122 Å². The molecule has 0 fully saturated rings. The van der Waals surface area contributed by atoms with Crippen LogP contribution < -0.4 is 4.90 Å². The number of hydrogen-bond donors (Lipinski definition) is 0. The molecule has 0 atom stereocenters. The summed E-state index contributed by atoms with van der Waals surface area (Å²) in [4.78, 5) is 2.31. The molecule has 0 amide bonds. The van der Waals surface area contributed by atoms with Crippen LogP contribution in [-0.4, -0.2) is 4.57 Å². The largest absolute Gasteiger partial charge is 0.311 e. The Morgan fingerprint density at radius 3 is 1.03 bits per heavy atom. The molecule has 0 aliphatic rings. The maximum Gasteiger partial charge on any atom is 0.0541 e. The molecule has 0 saturated carbocycles. The molecule has 1 aromatic heterocycles. The first-order valence-electron chi connectivity index (χ1n) is 21.2. The van der Waals surface area contributed by atoms with Crippen LogP contribution in [0, 0.1) is 0 Å². The van der Waals surface area contributed by atoms with Crippen LogP contribution in [0.25, 0.3) is 83.1 Å². The average molecular weight is 791 g/mol. The molecule has 0 aliphatic heterocycles. The lowest BCUT2D eigenvalue weighted by Gasteiger charge is -2.26. The number of aromatic nitrogens is 1. The molecule has 292 valence electrons. The third-order valence-electron chi connectivity index (χ3n) is 12.0. The number of fused-ring (bicyclic) bond motifs is 3. The van der Waals surface area contributed by atoms with Gasteiger partial charge in [0.25, 0.3) is 0 Å². The second-order valence-electron chi connectivity index (χ2n) is 15.8. The van der Waals surface area contributed by atoms with Gasteiger partial charge < -0.3 is 9.47 Å². The molecule has 62 heavy (non-hydrogen) atoms. The summed E-state index contributed by atoms with van der Waals surface area (Å²) in [6, 6.07) is 91.8. The van der Waals surface area contributed by atoms with Crippen molar-refractivity contribution in [2.24, 2.45) is 0 Å². The number of para-hydroxylation sites is 3. The van der Waals surface area contributed by atoms with E-state index in [4.69, 9.17) is 0 Å². The van der Waals surface area contributed by atoms with Gasteiger partial charge in [0.05, 0.1) is 11.0 Å². The van der Waals surface area contributed by atoms with E-state index in [-0.39, 0.29) is 0 Å². The zero-order valence-corrected chi connectivity index (χ0v) is 34.1. The minimum Gasteiger partial charge on any atom is -0.311 e. The van der Waals surface area contributed by atoms with Crippen LogP contribution >= 0.6 is 0 Å². The Labute approximate surface area is 362 Å². The van der Waals surface area contributed by atoms with Gasteiger partial charge in [-0.15, -0.1) is 0 Å². The van der Waals surface area contributed by atoms with Crippen LogP contribution in [0.2, 0.25) is 0 Å². The van der Waals surface area contributed by atoms with Crippen molar-refractivity contribution in [2.75, 3.05) is 4.90 Å². The molecular formula is C60H42N2. The van der Waals surface area contributed by atoms with Gasteiger partial charge in [-0.2, -0.15) is 0 Å². The van der Waals surface area contributed by atoms with Crippen molar-refractivity contribution >= 4 is 38.9 Å². The standard InChI is InChI=1S/C60H42N2/c1-4-12-43(13-5-1)49-32-37-55(38-33-49)61(53-14-6-2-7-15-53)56-39-34-50(35-40-56)48-26-24-45(25-27-48)44-20-22-46(23-21-44)47-28-30-51(31-29-47)52-36-41-60-58(42-52)57-18-10-11-19-59(57)62(60)54-16-8-3-9-17-54/h1-42H. The van der Waals surface area contributed by atoms with Gasteiger partial charge in [-0.1, -0.05) is 188 Å². The summed E-state index contributed by atoms with van der Waals surface area (Å²) in [6.45, 7) is 0. The highest BCUT2D eigenvalue weighted by Crippen LogP contribution is 2.38. The van der Waals surface area contributed by atoms with Crippen LogP contribution in [0.3, 0.4) is 0 Å². The first-order valence-corrected chi connectivity index (χ1v) is 21.2. The molecule has 0 spiro atoms. The molecule has 2 heteroatoms. The lowest BCUT2D eigenvalue weighted by Crippen LogP contribution is -2.09. The molecule has 0 radical (unpaired) electrons. The third-order valence-corrected chi connectivity index (χ3v) is 12.0. The summed E-state index contributed by atoms with van der Waals surface area (Å²) in [5, 5.41) is 2.53. The number of nitrogens with zero attached hydrogens (tertiary/aromatic N) is 2. The molecule has 0 unspecified atom stereocenters. The van der Waals surface area contributed by atoms with Crippen molar-refractivity contribution in [1.29, 1.82) is 0 Å². The summed E-state index contributed by atoms with van der Waals surface area (Å²) in [6.07, 6.45) is 0. The van der Waals surface area contributed by atoms with E-state index in [9.17, 15) is 0 Å². The fourth-order valence-electron chi connectivity index (χ4n) is 8.83. The predicted octanol–water partition coefficient (Wildman–Crippen LogP) is 16.6. The van der Waals surface area contributed by atoms with Gasteiger partial charge in [0, 0.05) is 33.5 Å². The van der Waals surface area contributed by atoms with Crippen molar-refractivity contribution in [2.45, 2.75) is 0 Å². The lowest BCUT2D eigenvalue weighted by atomic mass is 9.96. The number of benzene rings is 10. The normalized spacial score (nSPS) is 11.2. The highest BCUT2D eigenvalue weighted by Gasteiger charge is 2.15. The number of anilines is 3. The Balaban J connectivity index is 0.798. The molecular weight excluding hydrogens is 749 g/mol. The maximum absolute atomic E-state index is 2.36. The minimum atomic E-state index is 1.11. The summed E-state index contributed by atoms with van der Waals surface area (Å²) in [5.74, 6) is 0. The summed E-state index contributed by atoms with van der Waals surface area (Å²) < 4.78 is 2.36.